The van der Waals surface area contributed by atoms with Crippen molar-refractivity contribution < 1.29 is 4.39 Å². The van der Waals surface area contributed by atoms with Crippen LogP contribution >= 0.6 is 23.4 Å². The number of pyridine rings is 1. The van der Waals surface area contributed by atoms with Gasteiger partial charge < -0.3 is 0 Å². The second kappa shape index (κ2) is 6.27. The van der Waals surface area contributed by atoms with Gasteiger partial charge in [-0.1, -0.05) is 35.9 Å². The lowest BCUT2D eigenvalue weighted by molar-refractivity contribution is 0.617. The van der Waals surface area contributed by atoms with Gasteiger partial charge in [-0.3, -0.25) is 0 Å². The summed E-state index contributed by atoms with van der Waals surface area (Å²) in [7, 11) is 0. The van der Waals surface area contributed by atoms with Crippen molar-refractivity contribution in [2.45, 2.75) is 24.6 Å². The van der Waals surface area contributed by atoms with E-state index in [4.69, 9.17) is 16.6 Å². The Kier molecular flexibility index (Phi) is 4.37. The van der Waals surface area contributed by atoms with Crippen molar-refractivity contribution in [3.8, 4) is 0 Å². The van der Waals surface area contributed by atoms with E-state index >= 15 is 0 Å². The molecule has 0 radical (unpaired) electrons. The van der Waals surface area contributed by atoms with Gasteiger partial charge in [-0.05, 0) is 43.2 Å². The molecule has 0 saturated carbocycles. The van der Waals surface area contributed by atoms with Crippen LogP contribution in [0.4, 0.5) is 4.39 Å². The van der Waals surface area contributed by atoms with Crippen molar-refractivity contribution in [1.82, 2.24) is 4.98 Å². The molecule has 22 heavy (non-hydrogen) atoms. The van der Waals surface area contributed by atoms with Gasteiger partial charge in [0.15, 0.2) is 0 Å². The van der Waals surface area contributed by atoms with E-state index in [1.54, 1.807) is 12.1 Å². The summed E-state index contributed by atoms with van der Waals surface area (Å²) < 4.78 is 13.8. The number of hydrogen-bond donors (Lipinski definition) is 0. The molecule has 0 aliphatic rings. The minimum absolute atomic E-state index is 0.270. The second-order valence-electron chi connectivity index (χ2n) is 5.24. The Morgan fingerprint density at radius 2 is 1.86 bits per heavy atom. The number of fused-ring (bicyclic) bond motifs is 1. The van der Waals surface area contributed by atoms with E-state index in [1.165, 1.54) is 23.4 Å². The highest BCUT2D eigenvalue weighted by atomic mass is 35.5. The van der Waals surface area contributed by atoms with Crippen LogP contribution in [-0.4, -0.2) is 4.98 Å². The predicted octanol–water partition coefficient (Wildman–Crippen LogP) is 5.94. The maximum atomic E-state index is 13.8. The molecule has 112 valence electrons. The van der Waals surface area contributed by atoms with Crippen LogP contribution in [0.5, 0.6) is 0 Å². The molecule has 4 heteroatoms. The maximum absolute atomic E-state index is 13.8. The monoisotopic (exact) mass is 331 g/mol. The third kappa shape index (κ3) is 2.96. The normalized spacial score (nSPS) is 11.1. The molecule has 0 bridgehead atoms. The topological polar surface area (TPSA) is 12.9 Å². The van der Waals surface area contributed by atoms with Gasteiger partial charge in [-0.2, -0.15) is 0 Å². The number of thioether (sulfide) groups is 1. The van der Waals surface area contributed by atoms with Crippen LogP contribution < -0.4 is 0 Å². The number of nitrogens with zero attached hydrogens (tertiary/aromatic N) is 1. The molecule has 2 aromatic carbocycles. The molecule has 3 rings (SSSR count). The Hall–Kier alpha value is -1.58. The molecule has 1 aromatic heterocycles. The molecule has 0 aliphatic heterocycles. The van der Waals surface area contributed by atoms with E-state index < -0.39 is 0 Å². The Labute approximate surface area is 138 Å². The molecule has 3 aromatic rings. The summed E-state index contributed by atoms with van der Waals surface area (Å²) in [5, 5.41) is 2.51. The molecule has 0 atom stereocenters. The van der Waals surface area contributed by atoms with Crippen LogP contribution in [0, 0.1) is 19.7 Å². The number of para-hydroxylation sites is 1. The number of rotatable bonds is 3. The van der Waals surface area contributed by atoms with Gasteiger partial charge in [0.2, 0.25) is 0 Å². The molecule has 1 nitrogen and oxygen atoms in total. The highest BCUT2D eigenvalue weighted by molar-refractivity contribution is 7.98. The average Bonchev–Trinajstić information content (AvgIpc) is 2.48. The van der Waals surface area contributed by atoms with Crippen LogP contribution in [0.3, 0.4) is 0 Å². The number of hydrogen-bond acceptors (Lipinski definition) is 2. The van der Waals surface area contributed by atoms with E-state index in [2.05, 4.69) is 26.0 Å². The summed E-state index contributed by atoms with van der Waals surface area (Å²) in [6.07, 6.45) is 0. The molecule has 0 unspecified atom stereocenters. The zero-order valence-corrected chi connectivity index (χ0v) is 13.9. The SMILES string of the molecule is Cc1cc(SCc2c(F)cccc2Cl)nc2c(C)cccc12. The van der Waals surface area contributed by atoms with Gasteiger partial charge in [-0.25, -0.2) is 9.37 Å². The smallest absolute Gasteiger partial charge is 0.128 e. The number of aromatic nitrogens is 1. The molecular weight excluding hydrogens is 317 g/mol. The highest BCUT2D eigenvalue weighted by Crippen LogP contribution is 2.30. The van der Waals surface area contributed by atoms with Crippen LogP contribution in [0.2, 0.25) is 5.02 Å². The summed E-state index contributed by atoms with van der Waals surface area (Å²) in [4.78, 5) is 4.71. The van der Waals surface area contributed by atoms with Crippen molar-refractivity contribution in [1.29, 1.82) is 0 Å². The summed E-state index contributed by atoms with van der Waals surface area (Å²) in [5.41, 5.74) is 3.85. The first kappa shape index (κ1) is 15.3. The van der Waals surface area contributed by atoms with Crippen LogP contribution in [-0.2, 0) is 5.75 Å². The highest BCUT2D eigenvalue weighted by Gasteiger charge is 2.10. The van der Waals surface area contributed by atoms with Gasteiger partial charge in [0.25, 0.3) is 0 Å². The molecule has 0 spiro atoms. The van der Waals surface area contributed by atoms with Crippen molar-refractivity contribution in [2.24, 2.45) is 0 Å². The average molecular weight is 332 g/mol. The minimum atomic E-state index is -0.270. The van der Waals surface area contributed by atoms with Crippen LogP contribution in [0.1, 0.15) is 16.7 Å². The number of halogens is 2. The summed E-state index contributed by atoms with van der Waals surface area (Å²) in [5.74, 6) is 0.198. The fourth-order valence-electron chi connectivity index (χ4n) is 2.42. The summed E-state index contributed by atoms with van der Waals surface area (Å²) >= 11 is 7.58. The van der Waals surface area contributed by atoms with E-state index in [-0.39, 0.29) is 5.82 Å². The van der Waals surface area contributed by atoms with Crippen molar-refractivity contribution >= 4 is 34.3 Å². The fourth-order valence-corrected chi connectivity index (χ4v) is 3.73. The van der Waals surface area contributed by atoms with Crippen molar-refractivity contribution in [3.05, 3.63) is 70.0 Å². The van der Waals surface area contributed by atoms with Gasteiger partial charge in [0, 0.05) is 21.7 Å². The summed E-state index contributed by atoms with van der Waals surface area (Å²) in [6.45, 7) is 4.13. The third-order valence-corrected chi connectivity index (χ3v) is 4.94. The van der Waals surface area contributed by atoms with E-state index in [0.29, 0.717) is 16.3 Å². The maximum Gasteiger partial charge on any atom is 0.128 e. The Balaban J connectivity index is 1.93. The molecule has 0 amide bonds. The minimum Gasteiger partial charge on any atom is -0.241 e. The standard InChI is InChI=1S/C18H15ClFNS/c1-11-5-3-6-13-12(2)9-17(21-18(11)13)22-10-14-15(19)7-4-8-16(14)20/h3-9H,10H2,1-2H3. The quantitative estimate of drug-likeness (QED) is 0.551. The van der Waals surface area contributed by atoms with E-state index in [1.807, 2.05) is 12.1 Å². The molecule has 0 fully saturated rings. The van der Waals surface area contributed by atoms with Crippen LogP contribution in [0.25, 0.3) is 10.9 Å². The Bertz CT molecular complexity index is 828. The molecule has 0 aliphatic carbocycles. The lowest BCUT2D eigenvalue weighted by atomic mass is 10.1. The lowest BCUT2D eigenvalue weighted by Crippen LogP contribution is -1.92. The second-order valence-corrected chi connectivity index (χ2v) is 6.64. The van der Waals surface area contributed by atoms with Gasteiger partial charge >= 0.3 is 0 Å². The Morgan fingerprint density at radius 1 is 1.09 bits per heavy atom. The first-order valence-corrected chi connectivity index (χ1v) is 8.35. The zero-order chi connectivity index (χ0) is 15.7. The molecule has 0 saturated heterocycles. The first-order chi connectivity index (χ1) is 10.6. The van der Waals surface area contributed by atoms with E-state index in [0.717, 1.165) is 21.5 Å². The first-order valence-electron chi connectivity index (χ1n) is 6.99. The number of aryl methyl sites for hydroxylation is 2. The van der Waals surface area contributed by atoms with Crippen molar-refractivity contribution in [2.75, 3.05) is 0 Å². The fraction of sp³-hybridized carbons (Fsp3) is 0.167. The largest absolute Gasteiger partial charge is 0.241 e. The number of benzene rings is 2. The van der Waals surface area contributed by atoms with Crippen molar-refractivity contribution in [3.63, 3.8) is 0 Å². The van der Waals surface area contributed by atoms with Gasteiger partial charge in [-0.15, -0.1) is 11.8 Å². The lowest BCUT2D eigenvalue weighted by Gasteiger charge is -2.09. The molecular formula is C18H15ClFNS. The molecule has 0 N–H and O–H groups in total. The van der Waals surface area contributed by atoms with Gasteiger partial charge in [0.05, 0.1) is 10.5 Å². The molecule has 1 heterocycles. The third-order valence-electron chi connectivity index (χ3n) is 3.65. The summed E-state index contributed by atoms with van der Waals surface area (Å²) in [6, 6.07) is 13.0. The zero-order valence-electron chi connectivity index (χ0n) is 12.4. The van der Waals surface area contributed by atoms with Crippen LogP contribution in [0.15, 0.2) is 47.5 Å². The van der Waals surface area contributed by atoms with Gasteiger partial charge in [0.1, 0.15) is 5.82 Å². The Morgan fingerprint density at radius 3 is 2.64 bits per heavy atom. The predicted molar refractivity (Wildman–Crippen MR) is 92.2 cm³/mol. The van der Waals surface area contributed by atoms with E-state index in [9.17, 15) is 4.39 Å².